The maximum absolute atomic E-state index is 10.9. The van der Waals surface area contributed by atoms with Crippen LogP contribution in [0.4, 0.5) is 0 Å². The molecular formula is C18H26O2. The Kier molecular flexibility index (Phi) is 4.52. The van der Waals surface area contributed by atoms with Crippen LogP contribution in [0.1, 0.15) is 69.9 Å². The standard InChI is InChI=1S/C18H26O2/c1-18(2,3)16-9-7-14(8-10-16)15-6-4-5-13(11-15)12-17(19)20/h7-10,13,15H,4-6,11-12H2,1-3H3,(H,19,20)/t13-,15+/m1/s1. The summed E-state index contributed by atoms with van der Waals surface area (Å²) in [5, 5.41) is 8.95. The zero-order valence-electron chi connectivity index (χ0n) is 12.9. The molecule has 0 saturated heterocycles. The van der Waals surface area contributed by atoms with Gasteiger partial charge in [-0.15, -0.1) is 0 Å². The number of aliphatic carboxylic acids is 1. The largest absolute Gasteiger partial charge is 0.481 e. The molecule has 2 nitrogen and oxygen atoms in total. The zero-order chi connectivity index (χ0) is 14.8. The number of benzene rings is 1. The predicted octanol–water partition coefficient (Wildman–Crippen LogP) is 4.73. The molecule has 1 aliphatic carbocycles. The highest BCUT2D eigenvalue weighted by atomic mass is 16.4. The molecule has 2 atom stereocenters. The third kappa shape index (κ3) is 3.84. The van der Waals surface area contributed by atoms with Gasteiger partial charge in [-0.2, -0.15) is 0 Å². The quantitative estimate of drug-likeness (QED) is 0.865. The number of carbonyl (C=O) groups is 1. The summed E-state index contributed by atoms with van der Waals surface area (Å²) in [6.07, 6.45) is 4.79. The summed E-state index contributed by atoms with van der Waals surface area (Å²) in [5.74, 6) is 0.245. The van der Waals surface area contributed by atoms with Crippen LogP contribution >= 0.6 is 0 Å². The first-order valence-corrected chi connectivity index (χ1v) is 7.68. The smallest absolute Gasteiger partial charge is 0.303 e. The molecule has 1 aromatic rings. The Labute approximate surface area is 122 Å². The maximum atomic E-state index is 10.9. The van der Waals surface area contributed by atoms with Gasteiger partial charge in [0.1, 0.15) is 0 Å². The van der Waals surface area contributed by atoms with Crippen molar-refractivity contribution in [2.45, 2.75) is 64.2 Å². The second-order valence-corrected chi connectivity index (χ2v) is 7.20. The second kappa shape index (κ2) is 5.99. The lowest BCUT2D eigenvalue weighted by Crippen LogP contribution is -2.17. The summed E-state index contributed by atoms with van der Waals surface area (Å²) in [6, 6.07) is 8.95. The molecule has 0 bridgehead atoms. The molecule has 0 heterocycles. The van der Waals surface area contributed by atoms with Gasteiger partial charge < -0.3 is 5.11 Å². The van der Waals surface area contributed by atoms with Crippen LogP contribution in [0.2, 0.25) is 0 Å². The molecule has 0 spiro atoms. The summed E-state index contributed by atoms with van der Waals surface area (Å²) in [6.45, 7) is 6.68. The lowest BCUT2D eigenvalue weighted by Gasteiger charge is -2.29. The van der Waals surface area contributed by atoms with Crippen molar-refractivity contribution in [3.8, 4) is 0 Å². The van der Waals surface area contributed by atoms with Crippen LogP contribution in [0.15, 0.2) is 24.3 Å². The van der Waals surface area contributed by atoms with E-state index in [4.69, 9.17) is 5.11 Å². The van der Waals surface area contributed by atoms with E-state index in [1.807, 2.05) is 0 Å². The molecule has 0 amide bonds. The van der Waals surface area contributed by atoms with Crippen molar-refractivity contribution in [3.05, 3.63) is 35.4 Å². The molecule has 2 rings (SSSR count). The summed E-state index contributed by atoms with van der Waals surface area (Å²) < 4.78 is 0. The van der Waals surface area contributed by atoms with Crippen LogP contribution < -0.4 is 0 Å². The summed E-state index contributed by atoms with van der Waals surface area (Å²) in [4.78, 5) is 10.9. The van der Waals surface area contributed by atoms with Gasteiger partial charge in [0.05, 0.1) is 0 Å². The summed E-state index contributed by atoms with van der Waals surface area (Å²) in [7, 11) is 0. The van der Waals surface area contributed by atoms with Crippen LogP contribution in [0, 0.1) is 5.92 Å². The lowest BCUT2D eigenvalue weighted by atomic mass is 9.76. The van der Waals surface area contributed by atoms with Crippen LogP contribution in [0.3, 0.4) is 0 Å². The Hall–Kier alpha value is -1.31. The molecule has 1 fully saturated rings. The van der Waals surface area contributed by atoms with E-state index >= 15 is 0 Å². The van der Waals surface area contributed by atoms with E-state index in [9.17, 15) is 4.79 Å². The van der Waals surface area contributed by atoms with Gasteiger partial charge in [-0.25, -0.2) is 0 Å². The van der Waals surface area contributed by atoms with Gasteiger partial charge in [-0.05, 0) is 47.6 Å². The van der Waals surface area contributed by atoms with Gasteiger partial charge in [0.15, 0.2) is 0 Å². The second-order valence-electron chi connectivity index (χ2n) is 7.20. The van der Waals surface area contributed by atoms with E-state index in [-0.39, 0.29) is 5.41 Å². The van der Waals surface area contributed by atoms with Crippen molar-refractivity contribution in [1.29, 1.82) is 0 Å². The van der Waals surface area contributed by atoms with Crippen LogP contribution in [-0.4, -0.2) is 11.1 Å². The third-order valence-corrected chi connectivity index (χ3v) is 4.49. The minimum absolute atomic E-state index is 0.191. The fraction of sp³-hybridized carbons (Fsp3) is 0.611. The number of rotatable bonds is 3. The maximum Gasteiger partial charge on any atom is 0.303 e. The molecule has 110 valence electrons. The molecule has 1 aromatic carbocycles. The molecule has 0 unspecified atom stereocenters. The van der Waals surface area contributed by atoms with Crippen molar-refractivity contribution in [2.24, 2.45) is 5.92 Å². The van der Waals surface area contributed by atoms with Gasteiger partial charge >= 0.3 is 5.97 Å². The summed E-state index contributed by atoms with van der Waals surface area (Å²) >= 11 is 0. The average molecular weight is 274 g/mol. The monoisotopic (exact) mass is 274 g/mol. The number of carboxylic acid groups (broad SMARTS) is 1. The fourth-order valence-electron chi connectivity index (χ4n) is 3.28. The van der Waals surface area contributed by atoms with Gasteiger partial charge in [-0.3, -0.25) is 4.79 Å². The summed E-state index contributed by atoms with van der Waals surface area (Å²) in [5.41, 5.74) is 2.93. The van der Waals surface area contributed by atoms with Crippen molar-refractivity contribution in [2.75, 3.05) is 0 Å². The fourth-order valence-corrected chi connectivity index (χ4v) is 3.28. The normalized spacial score (nSPS) is 23.6. The van der Waals surface area contributed by atoms with Crippen LogP contribution in [0.5, 0.6) is 0 Å². The molecule has 1 saturated carbocycles. The topological polar surface area (TPSA) is 37.3 Å². The van der Waals surface area contributed by atoms with E-state index in [0.29, 0.717) is 18.3 Å². The average Bonchev–Trinajstić information content (AvgIpc) is 2.37. The molecule has 1 aliphatic rings. The number of carboxylic acids is 1. The molecule has 0 aliphatic heterocycles. The first kappa shape index (κ1) is 15.1. The molecule has 2 heteroatoms. The highest BCUT2D eigenvalue weighted by Gasteiger charge is 2.25. The number of hydrogen-bond acceptors (Lipinski definition) is 1. The van der Waals surface area contributed by atoms with E-state index in [1.54, 1.807) is 0 Å². The third-order valence-electron chi connectivity index (χ3n) is 4.49. The molecular weight excluding hydrogens is 248 g/mol. The van der Waals surface area contributed by atoms with E-state index in [2.05, 4.69) is 45.0 Å². The van der Waals surface area contributed by atoms with Gasteiger partial charge in [0, 0.05) is 6.42 Å². The van der Waals surface area contributed by atoms with Crippen molar-refractivity contribution >= 4 is 5.97 Å². The van der Waals surface area contributed by atoms with Crippen molar-refractivity contribution in [3.63, 3.8) is 0 Å². The first-order valence-electron chi connectivity index (χ1n) is 7.68. The van der Waals surface area contributed by atoms with Gasteiger partial charge in [-0.1, -0.05) is 51.5 Å². The Morgan fingerprint density at radius 2 is 1.85 bits per heavy atom. The van der Waals surface area contributed by atoms with E-state index < -0.39 is 5.97 Å². The first-order chi connectivity index (χ1) is 9.36. The Morgan fingerprint density at radius 3 is 2.40 bits per heavy atom. The van der Waals surface area contributed by atoms with Crippen LogP contribution in [-0.2, 0) is 10.2 Å². The minimum atomic E-state index is -0.654. The van der Waals surface area contributed by atoms with Crippen LogP contribution in [0.25, 0.3) is 0 Å². The Morgan fingerprint density at radius 1 is 1.20 bits per heavy atom. The highest BCUT2D eigenvalue weighted by Crippen LogP contribution is 2.38. The Bertz CT molecular complexity index is 453. The minimum Gasteiger partial charge on any atom is -0.481 e. The lowest BCUT2D eigenvalue weighted by molar-refractivity contribution is -0.138. The van der Waals surface area contributed by atoms with E-state index in [0.717, 1.165) is 19.3 Å². The molecule has 20 heavy (non-hydrogen) atoms. The SMILES string of the molecule is CC(C)(C)c1ccc([C@H]2CCC[C@@H](CC(=O)O)C2)cc1. The number of hydrogen-bond donors (Lipinski definition) is 1. The molecule has 0 aromatic heterocycles. The Balaban J connectivity index is 2.05. The van der Waals surface area contributed by atoms with Gasteiger partial charge in [0.2, 0.25) is 0 Å². The zero-order valence-corrected chi connectivity index (χ0v) is 12.9. The highest BCUT2D eigenvalue weighted by molar-refractivity contribution is 5.67. The molecule has 1 N–H and O–H groups in total. The van der Waals surface area contributed by atoms with Gasteiger partial charge in [0.25, 0.3) is 0 Å². The van der Waals surface area contributed by atoms with Crippen molar-refractivity contribution in [1.82, 2.24) is 0 Å². The molecule has 0 radical (unpaired) electrons. The van der Waals surface area contributed by atoms with Crippen molar-refractivity contribution < 1.29 is 9.90 Å². The predicted molar refractivity (Wildman–Crippen MR) is 82.1 cm³/mol. The van der Waals surface area contributed by atoms with E-state index in [1.165, 1.54) is 17.5 Å².